The largest absolute Gasteiger partial charge is 0.379 e. The highest BCUT2D eigenvalue weighted by Crippen LogP contribution is 2.11. The smallest absolute Gasteiger partial charge is 0.0797 e. The standard InChI is InChI=1S/C13H24N2OS/c1-11(2)16-9-5-4-7-14-8-6-13-12(3)15-10-17-13/h10-11,14H,4-9H2,1-3H3. The van der Waals surface area contributed by atoms with E-state index in [2.05, 4.69) is 31.1 Å². The number of ether oxygens (including phenoxy) is 1. The second-order valence-corrected chi connectivity index (χ2v) is 5.43. The fraction of sp³-hybridized carbons (Fsp3) is 0.769. The normalized spacial score (nSPS) is 11.3. The van der Waals surface area contributed by atoms with Gasteiger partial charge in [0.25, 0.3) is 0 Å². The number of nitrogens with zero attached hydrogens (tertiary/aromatic N) is 1. The molecule has 0 atom stereocenters. The second-order valence-electron chi connectivity index (χ2n) is 4.49. The molecule has 3 nitrogen and oxygen atoms in total. The molecule has 0 saturated heterocycles. The number of unbranched alkanes of at least 4 members (excludes halogenated alkanes) is 1. The Bertz CT molecular complexity index is 299. The van der Waals surface area contributed by atoms with E-state index in [1.54, 1.807) is 11.3 Å². The molecule has 0 aliphatic heterocycles. The van der Waals surface area contributed by atoms with Crippen LogP contribution < -0.4 is 5.32 Å². The Labute approximate surface area is 109 Å². The molecular formula is C13H24N2OS. The van der Waals surface area contributed by atoms with E-state index in [1.807, 2.05) is 5.51 Å². The number of aryl methyl sites for hydroxylation is 1. The first-order valence-corrected chi connectivity index (χ1v) is 7.29. The summed E-state index contributed by atoms with van der Waals surface area (Å²) in [5, 5.41) is 3.46. The third-order valence-electron chi connectivity index (χ3n) is 2.57. The van der Waals surface area contributed by atoms with Crippen molar-refractivity contribution in [1.82, 2.24) is 10.3 Å². The van der Waals surface area contributed by atoms with Crippen molar-refractivity contribution in [2.75, 3.05) is 19.7 Å². The van der Waals surface area contributed by atoms with Gasteiger partial charge in [-0.1, -0.05) is 0 Å². The van der Waals surface area contributed by atoms with Gasteiger partial charge < -0.3 is 10.1 Å². The van der Waals surface area contributed by atoms with Crippen molar-refractivity contribution in [2.24, 2.45) is 0 Å². The quantitative estimate of drug-likeness (QED) is 0.690. The van der Waals surface area contributed by atoms with Crippen molar-refractivity contribution >= 4 is 11.3 Å². The van der Waals surface area contributed by atoms with Gasteiger partial charge in [0, 0.05) is 18.0 Å². The molecule has 0 saturated carbocycles. The SMILES string of the molecule is Cc1ncsc1CCNCCCCOC(C)C. The minimum absolute atomic E-state index is 0.359. The van der Waals surface area contributed by atoms with Crippen LogP contribution in [0.5, 0.6) is 0 Å². The fourth-order valence-corrected chi connectivity index (χ4v) is 2.35. The molecule has 0 unspecified atom stereocenters. The molecule has 0 amide bonds. The first-order chi connectivity index (χ1) is 8.20. The van der Waals surface area contributed by atoms with Crippen molar-refractivity contribution in [1.29, 1.82) is 0 Å². The van der Waals surface area contributed by atoms with Crippen LogP contribution in [0.3, 0.4) is 0 Å². The zero-order chi connectivity index (χ0) is 12.5. The maximum Gasteiger partial charge on any atom is 0.0797 e. The summed E-state index contributed by atoms with van der Waals surface area (Å²) in [6.45, 7) is 9.25. The van der Waals surface area contributed by atoms with Crippen LogP contribution in [0, 0.1) is 6.92 Å². The number of thiazole rings is 1. The van der Waals surface area contributed by atoms with Crippen LogP contribution in [-0.2, 0) is 11.2 Å². The molecule has 98 valence electrons. The molecule has 0 fully saturated rings. The van der Waals surface area contributed by atoms with Gasteiger partial charge in [-0.25, -0.2) is 4.98 Å². The zero-order valence-electron chi connectivity index (χ0n) is 11.2. The first kappa shape index (κ1) is 14.6. The highest BCUT2D eigenvalue weighted by molar-refractivity contribution is 7.09. The molecule has 0 bridgehead atoms. The van der Waals surface area contributed by atoms with Gasteiger partial charge in [0.2, 0.25) is 0 Å². The summed E-state index contributed by atoms with van der Waals surface area (Å²) in [5.74, 6) is 0. The average molecular weight is 256 g/mol. The molecule has 4 heteroatoms. The average Bonchev–Trinajstić information content (AvgIpc) is 2.68. The molecule has 0 aliphatic rings. The molecule has 0 aromatic carbocycles. The molecule has 1 N–H and O–H groups in total. The summed E-state index contributed by atoms with van der Waals surface area (Å²) in [5.41, 5.74) is 3.11. The van der Waals surface area contributed by atoms with E-state index in [0.717, 1.165) is 32.5 Å². The van der Waals surface area contributed by atoms with E-state index >= 15 is 0 Å². The Balaban J connectivity index is 1.90. The number of hydrogen-bond donors (Lipinski definition) is 1. The van der Waals surface area contributed by atoms with E-state index in [0.29, 0.717) is 6.10 Å². The Hall–Kier alpha value is -0.450. The molecule has 17 heavy (non-hydrogen) atoms. The highest BCUT2D eigenvalue weighted by atomic mass is 32.1. The fourth-order valence-electron chi connectivity index (χ4n) is 1.56. The lowest BCUT2D eigenvalue weighted by atomic mass is 10.3. The van der Waals surface area contributed by atoms with E-state index in [4.69, 9.17) is 4.74 Å². The van der Waals surface area contributed by atoms with E-state index in [1.165, 1.54) is 17.0 Å². The number of aromatic nitrogens is 1. The zero-order valence-corrected chi connectivity index (χ0v) is 12.0. The Kier molecular flexibility index (Phi) is 7.40. The van der Waals surface area contributed by atoms with E-state index < -0.39 is 0 Å². The third-order valence-corrected chi connectivity index (χ3v) is 3.57. The van der Waals surface area contributed by atoms with E-state index in [-0.39, 0.29) is 0 Å². The third kappa shape index (κ3) is 6.76. The van der Waals surface area contributed by atoms with Gasteiger partial charge in [-0.05, 0) is 46.6 Å². The van der Waals surface area contributed by atoms with Crippen molar-refractivity contribution in [2.45, 2.75) is 46.1 Å². The Morgan fingerprint density at radius 3 is 2.82 bits per heavy atom. The van der Waals surface area contributed by atoms with Crippen LogP contribution in [-0.4, -0.2) is 30.8 Å². The molecule has 1 aromatic heterocycles. The van der Waals surface area contributed by atoms with Crippen LogP contribution in [0.4, 0.5) is 0 Å². The predicted octanol–water partition coefficient (Wildman–Crippen LogP) is 2.79. The Morgan fingerprint density at radius 1 is 1.35 bits per heavy atom. The summed E-state index contributed by atoms with van der Waals surface area (Å²) < 4.78 is 5.49. The van der Waals surface area contributed by atoms with Crippen molar-refractivity contribution in [3.63, 3.8) is 0 Å². The van der Waals surface area contributed by atoms with Gasteiger partial charge in [-0.2, -0.15) is 0 Å². The van der Waals surface area contributed by atoms with Crippen LogP contribution in [0.1, 0.15) is 37.3 Å². The van der Waals surface area contributed by atoms with Gasteiger partial charge in [-0.3, -0.25) is 0 Å². The molecule has 0 radical (unpaired) electrons. The van der Waals surface area contributed by atoms with Gasteiger partial charge in [-0.15, -0.1) is 11.3 Å². The summed E-state index contributed by atoms with van der Waals surface area (Å²) in [4.78, 5) is 5.65. The van der Waals surface area contributed by atoms with Crippen molar-refractivity contribution in [3.05, 3.63) is 16.1 Å². The molecule has 0 aliphatic carbocycles. The van der Waals surface area contributed by atoms with E-state index in [9.17, 15) is 0 Å². The topological polar surface area (TPSA) is 34.2 Å². The molecule has 0 spiro atoms. The summed E-state index contributed by atoms with van der Waals surface area (Å²) in [6, 6.07) is 0. The first-order valence-electron chi connectivity index (χ1n) is 6.41. The lowest BCUT2D eigenvalue weighted by molar-refractivity contribution is 0.0760. The molecular weight excluding hydrogens is 232 g/mol. The van der Waals surface area contributed by atoms with Gasteiger partial charge >= 0.3 is 0 Å². The lowest BCUT2D eigenvalue weighted by Gasteiger charge is -2.07. The van der Waals surface area contributed by atoms with Crippen LogP contribution in [0.25, 0.3) is 0 Å². The minimum Gasteiger partial charge on any atom is -0.379 e. The second kappa shape index (κ2) is 8.61. The van der Waals surface area contributed by atoms with Crippen LogP contribution >= 0.6 is 11.3 Å². The van der Waals surface area contributed by atoms with Crippen molar-refractivity contribution in [3.8, 4) is 0 Å². The van der Waals surface area contributed by atoms with Crippen LogP contribution in [0.2, 0.25) is 0 Å². The van der Waals surface area contributed by atoms with Crippen LogP contribution in [0.15, 0.2) is 5.51 Å². The lowest BCUT2D eigenvalue weighted by Crippen LogP contribution is -2.19. The maximum absolute atomic E-state index is 5.49. The summed E-state index contributed by atoms with van der Waals surface area (Å²) in [6.07, 6.45) is 3.79. The summed E-state index contributed by atoms with van der Waals surface area (Å²) >= 11 is 1.75. The maximum atomic E-state index is 5.49. The van der Waals surface area contributed by atoms with Crippen molar-refractivity contribution < 1.29 is 4.74 Å². The minimum atomic E-state index is 0.359. The molecule has 1 rings (SSSR count). The highest BCUT2D eigenvalue weighted by Gasteiger charge is 2.00. The predicted molar refractivity (Wildman–Crippen MR) is 73.7 cm³/mol. The van der Waals surface area contributed by atoms with Gasteiger partial charge in [0.1, 0.15) is 0 Å². The molecule has 1 aromatic rings. The monoisotopic (exact) mass is 256 g/mol. The number of rotatable bonds is 9. The Morgan fingerprint density at radius 2 is 2.18 bits per heavy atom. The van der Waals surface area contributed by atoms with Gasteiger partial charge in [0.15, 0.2) is 0 Å². The van der Waals surface area contributed by atoms with Gasteiger partial charge in [0.05, 0.1) is 17.3 Å². The number of hydrogen-bond acceptors (Lipinski definition) is 4. The molecule has 1 heterocycles. The summed E-state index contributed by atoms with van der Waals surface area (Å²) in [7, 11) is 0. The number of nitrogens with one attached hydrogen (secondary N) is 1.